The smallest absolute Gasteiger partial charge is 0.124 e. The summed E-state index contributed by atoms with van der Waals surface area (Å²) in [6.07, 6.45) is 1.68. The predicted molar refractivity (Wildman–Crippen MR) is 84.2 cm³/mol. The lowest BCUT2D eigenvalue weighted by atomic mass is 10.2. The van der Waals surface area contributed by atoms with Gasteiger partial charge in [-0.05, 0) is 36.4 Å². The molecule has 0 unspecified atom stereocenters. The van der Waals surface area contributed by atoms with Gasteiger partial charge in [-0.3, -0.25) is 4.98 Å². The number of pyridine rings is 1. The number of hydrogen-bond acceptors (Lipinski definition) is 4. The SMILES string of the molecule is CN(C)c1ccc(Nc2cccnc2C(N)=S)cc1. The Bertz CT molecular complexity index is 578. The minimum absolute atomic E-state index is 0.285. The lowest BCUT2D eigenvalue weighted by molar-refractivity contribution is 1.13. The number of anilines is 3. The highest BCUT2D eigenvalue weighted by Crippen LogP contribution is 2.21. The maximum atomic E-state index is 5.65. The molecule has 98 valence electrons. The monoisotopic (exact) mass is 272 g/mol. The minimum Gasteiger partial charge on any atom is -0.388 e. The van der Waals surface area contributed by atoms with Gasteiger partial charge >= 0.3 is 0 Å². The predicted octanol–water partition coefficient (Wildman–Crippen LogP) is 2.53. The molecule has 1 heterocycles. The second-order valence-electron chi connectivity index (χ2n) is 4.33. The summed E-state index contributed by atoms with van der Waals surface area (Å²) in [5, 5.41) is 3.27. The van der Waals surface area contributed by atoms with Crippen molar-refractivity contribution in [2.75, 3.05) is 24.3 Å². The first-order chi connectivity index (χ1) is 9.08. The van der Waals surface area contributed by atoms with E-state index >= 15 is 0 Å². The molecule has 1 aromatic carbocycles. The second kappa shape index (κ2) is 5.67. The molecule has 3 N–H and O–H groups in total. The molecule has 0 radical (unpaired) electrons. The Morgan fingerprint density at radius 1 is 1.21 bits per heavy atom. The van der Waals surface area contributed by atoms with Crippen molar-refractivity contribution < 1.29 is 0 Å². The Morgan fingerprint density at radius 3 is 2.47 bits per heavy atom. The van der Waals surface area contributed by atoms with Crippen molar-refractivity contribution in [3.8, 4) is 0 Å². The topological polar surface area (TPSA) is 54.2 Å². The summed E-state index contributed by atoms with van der Waals surface area (Å²) in [6.45, 7) is 0. The maximum Gasteiger partial charge on any atom is 0.124 e. The first-order valence-corrected chi connectivity index (χ1v) is 6.28. The van der Waals surface area contributed by atoms with E-state index in [4.69, 9.17) is 18.0 Å². The van der Waals surface area contributed by atoms with Gasteiger partial charge in [-0.15, -0.1) is 0 Å². The number of rotatable bonds is 4. The van der Waals surface area contributed by atoms with E-state index in [1.54, 1.807) is 6.20 Å². The lowest BCUT2D eigenvalue weighted by Gasteiger charge is -2.14. The van der Waals surface area contributed by atoms with Gasteiger partial charge in [0.1, 0.15) is 10.7 Å². The fraction of sp³-hybridized carbons (Fsp3) is 0.143. The lowest BCUT2D eigenvalue weighted by Crippen LogP contribution is -2.13. The number of nitrogens with two attached hydrogens (primary N) is 1. The van der Waals surface area contributed by atoms with Gasteiger partial charge in [0.25, 0.3) is 0 Å². The van der Waals surface area contributed by atoms with Crippen LogP contribution in [-0.2, 0) is 0 Å². The van der Waals surface area contributed by atoms with Gasteiger partial charge in [-0.1, -0.05) is 12.2 Å². The molecule has 0 aliphatic carbocycles. The Kier molecular flexibility index (Phi) is 3.97. The molecule has 0 fully saturated rings. The molecule has 0 spiro atoms. The molecule has 0 amide bonds. The molecule has 0 aliphatic heterocycles. The van der Waals surface area contributed by atoms with Gasteiger partial charge in [-0.25, -0.2) is 0 Å². The number of nitrogens with one attached hydrogen (secondary N) is 1. The van der Waals surface area contributed by atoms with Gasteiger partial charge in [0.2, 0.25) is 0 Å². The zero-order valence-corrected chi connectivity index (χ0v) is 11.7. The molecule has 2 rings (SSSR count). The Balaban J connectivity index is 2.24. The van der Waals surface area contributed by atoms with E-state index in [1.807, 2.05) is 55.4 Å². The normalized spacial score (nSPS) is 10.0. The molecule has 0 saturated heterocycles. The summed E-state index contributed by atoms with van der Waals surface area (Å²) >= 11 is 4.99. The highest BCUT2D eigenvalue weighted by atomic mass is 32.1. The molecule has 19 heavy (non-hydrogen) atoms. The van der Waals surface area contributed by atoms with Gasteiger partial charge in [-0.2, -0.15) is 0 Å². The second-order valence-corrected chi connectivity index (χ2v) is 4.77. The van der Waals surface area contributed by atoms with Crippen molar-refractivity contribution in [2.45, 2.75) is 0 Å². The Labute approximate surface area is 118 Å². The number of aromatic nitrogens is 1. The van der Waals surface area contributed by atoms with Crippen LogP contribution in [0.15, 0.2) is 42.6 Å². The highest BCUT2D eigenvalue weighted by molar-refractivity contribution is 7.80. The first-order valence-electron chi connectivity index (χ1n) is 5.87. The van der Waals surface area contributed by atoms with Crippen molar-refractivity contribution in [1.29, 1.82) is 0 Å². The van der Waals surface area contributed by atoms with Crippen molar-refractivity contribution in [2.24, 2.45) is 5.73 Å². The van der Waals surface area contributed by atoms with Crippen molar-refractivity contribution in [3.63, 3.8) is 0 Å². The van der Waals surface area contributed by atoms with Crippen LogP contribution in [0, 0.1) is 0 Å². The molecular weight excluding hydrogens is 256 g/mol. The molecule has 2 aromatic rings. The molecule has 0 bridgehead atoms. The standard InChI is InChI=1S/C14H16N4S/c1-18(2)11-7-5-10(6-8-11)17-12-4-3-9-16-13(12)14(15)19/h3-9,17H,1-2H3,(H2,15,19). The van der Waals surface area contributed by atoms with Crippen LogP contribution in [0.5, 0.6) is 0 Å². The summed E-state index contributed by atoms with van der Waals surface area (Å²) in [5.41, 5.74) is 9.19. The first kappa shape index (κ1) is 13.3. The summed E-state index contributed by atoms with van der Waals surface area (Å²) in [4.78, 5) is 6.52. The number of nitrogens with zero attached hydrogens (tertiary/aromatic N) is 2. The van der Waals surface area contributed by atoms with Crippen LogP contribution in [0.4, 0.5) is 17.1 Å². The minimum atomic E-state index is 0.285. The van der Waals surface area contributed by atoms with Crippen molar-refractivity contribution >= 4 is 34.3 Å². The van der Waals surface area contributed by atoms with E-state index in [-0.39, 0.29) is 4.99 Å². The van der Waals surface area contributed by atoms with E-state index < -0.39 is 0 Å². The maximum absolute atomic E-state index is 5.65. The van der Waals surface area contributed by atoms with Crippen LogP contribution in [0.25, 0.3) is 0 Å². The van der Waals surface area contributed by atoms with Crippen LogP contribution < -0.4 is 16.0 Å². The van der Waals surface area contributed by atoms with E-state index in [0.717, 1.165) is 17.1 Å². The third-order valence-electron chi connectivity index (χ3n) is 2.70. The average Bonchev–Trinajstić information content (AvgIpc) is 2.39. The van der Waals surface area contributed by atoms with Crippen LogP contribution in [0.3, 0.4) is 0 Å². The molecule has 0 aliphatic rings. The molecule has 1 aromatic heterocycles. The van der Waals surface area contributed by atoms with Gasteiger partial charge in [0.15, 0.2) is 0 Å². The molecule has 5 heteroatoms. The third kappa shape index (κ3) is 3.20. The fourth-order valence-electron chi connectivity index (χ4n) is 1.70. The van der Waals surface area contributed by atoms with Crippen LogP contribution in [0.1, 0.15) is 5.69 Å². The Morgan fingerprint density at radius 2 is 1.89 bits per heavy atom. The Hall–Kier alpha value is -2.14. The van der Waals surface area contributed by atoms with Gasteiger partial charge < -0.3 is 16.0 Å². The summed E-state index contributed by atoms with van der Waals surface area (Å²) in [5.74, 6) is 0. The summed E-state index contributed by atoms with van der Waals surface area (Å²) in [6, 6.07) is 11.8. The van der Waals surface area contributed by atoms with Gasteiger partial charge in [0, 0.05) is 31.7 Å². The summed E-state index contributed by atoms with van der Waals surface area (Å²) < 4.78 is 0. The van der Waals surface area contributed by atoms with E-state index in [9.17, 15) is 0 Å². The van der Waals surface area contributed by atoms with Crippen LogP contribution in [-0.4, -0.2) is 24.1 Å². The highest BCUT2D eigenvalue weighted by Gasteiger charge is 2.06. The fourth-order valence-corrected chi connectivity index (χ4v) is 1.86. The zero-order chi connectivity index (χ0) is 13.8. The third-order valence-corrected chi connectivity index (χ3v) is 2.90. The van der Waals surface area contributed by atoms with Crippen molar-refractivity contribution in [1.82, 2.24) is 4.98 Å². The quantitative estimate of drug-likeness (QED) is 0.838. The van der Waals surface area contributed by atoms with Crippen molar-refractivity contribution in [3.05, 3.63) is 48.3 Å². The van der Waals surface area contributed by atoms with E-state index in [0.29, 0.717) is 5.69 Å². The number of thiocarbonyl (C=S) groups is 1. The van der Waals surface area contributed by atoms with Gasteiger partial charge in [0.05, 0.1) is 5.69 Å². The number of hydrogen-bond donors (Lipinski definition) is 2. The van der Waals surface area contributed by atoms with Crippen LogP contribution >= 0.6 is 12.2 Å². The largest absolute Gasteiger partial charge is 0.388 e. The van der Waals surface area contributed by atoms with E-state index in [2.05, 4.69) is 10.3 Å². The molecule has 0 saturated carbocycles. The molecule has 0 atom stereocenters. The molecular formula is C14H16N4S. The average molecular weight is 272 g/mol. The summed E-state index contributed by atoms with van der Waals surface area (Å²) in [7, 11) is 4.02. The number of benzene rings is 1. The van der Waals surface area contributed by atoms with Crippen LogP contribution in [0.2, 0.25) is 0 Å². The van der Waals surface area contributed by atoms with E-state index in [1.165, 1.54) is 0 Å². The molecule has 4 nitrogen and oxygen atoms in total. The zero-order valence-electron chi connectivity index (χ0n) is 10.9.